The van der Waals surface area contributed by atoms with Crippen molar-refractivity contribution in [2.45, 2.75) is 5.41 Å². The number of para-hydroxylation sites is 2. The summed E-state index contributed by atoms with van der Waals surface area (Å²) in [5.74, 6) is 1.62. The quantitative estimate of drug-likeness (QED) is 0.199. The van der Waals surface area contributed by atoms with Crippen LogP contribution in [0.5, 0.6) is 11.5 Å². The van der Waals surface area contributed by atoms with Crippen molar-refractivity contribution < 1.29 is 4.74 Å². The third kappa shape index (κ3) is 5.31. The maximum Gasteiger partial charge on any atom is 0.132 e. The minimum absolute atomic E-state index is 0.695. The zero-order chi connectivity index (χ0) is 24.0. The van der Waals surface area contributed by atoms with E-state index >= 15 is 0 Å². The molecule has 0 N–H and O–H groups in total. The van der Waals surface area contributed by atoms with E-state index in [9.17, 15) is 0 Å². The Morgan fingerprint density at radius 3 is 1.47 bits per heavy atom. The summed E-state index contributed by atoms with van der Waals surface area (Å²) in [5.41, 5.74) is 3.11. The first-order valence-electron chi connectivity index (χ1n) is 9.66. The van der Waals surface area contributed by atoms with E-state index < -0.39 is 5.41 Å². The van der Waals surface area contributed by atoms with Crippen molar-refractivity contribution in [3.63, 3.8) is 0 Å². The van der Waals surface area contributed by atoms with Crippen molar-refractivity contribution >= 4 is 89.8 Å². The number of pyridine rings is 2. The summed E-state index contributed by atoms with van der Waals surface area (Å²) in [6.45, 7) is 0. The lowest BCUT2D eigenvalue weighted by Gasteiger charge is -2.39. The number of halogens is 2. The van der Waals surface area contributed by atoms with Crippen LogP contribution in [0.15, 0.2) is 94.1 Å². The molecule has 0 spiro atoms. The van der Waals surface area contributed by atoms with Crippen molar-refractivity contribution in [1.82, 2.24) is 9.97 Å². The van der Waals surface area contributed by atoms with Crippen molar-refractivity contribution in [1.29, 1.82) is 0 Å². The number of benzene rings is 2. The first-order valence-corrected chi connectivity index (χ1v) is 17.9. The Labute approximate surface area is 235 Å². The first-order chi connectivity index (χ1) is 16.6. The van der Waals surface area contributed by atoms with Crippen molar-refractivity contribution in [2.75, 3.05) is 0 Å². The van der Waals surface area contributed by atoms with Crippen LogP contribution in [0.25, 0.3) is 0 Å². The van der Waals surface area contributed by atoms with E-state index in [0.717, 1.165) is 43.2 Å². The van der Waals surface area contributed by atoms with Crippen LogP contribution < -0.4 is 4.74 Å². The average Bonchev–Trinajstić information content (AvgIpc) is 2.86. The molecule has 0 radical (unpaired) electrons. The molecule has 3 nitrogen and oxygen atoms in total. The van der Waals surface area contributed by atoms with Crippen LogP contribution in [0.4, 0.5) is 0 Å². The van der Waals surface area contributed by atoms with E-state index in [-0.39, 0.29) is 0 Å². The molecular weight excluding hydrogens is 672 g/mol. The second kappa shape index (κ2) is 12.2. The highest BCUT2D eigenvalue weighted by molar-refractivity contribution is 9.10. The van der Waals surface area contributed by atoms with E-state index in [1.807, 2.05) is 72.8 Å². The second-order valence-corrected chi connectivity index (χ2v) is 15.5. The Kier molecular flexibility index (Phi) is 9.28. The van der Waals surface area contributed by atoms with Gasteiger partial charge in [-0.15, -0.1) is 0 Å². The highest BCUT2D eigenvalue weighted by Gasteiger charge is 2.47. The van der Waals surface area contributed by atoms with Gasteiger partial charge in [-0.25, -0.2) is 9.97 Å². The van der Waals surface area contributed by atoms with Gasteiger partial charge in [-0.1, -0.05) is 48.5 Å². The number of fused-ring (bicyclic) bond motifs is 2. The molecule has 0 bridgehead atoms. The average molecular weight is 687 g/mol. The van der Waals surface area contributed by atoms with Crippen molar-refractivity contribution in [3.8, 4) is 11.5 Å². The molecule has 3 heterocycles. The summed E-state index contributed by atoms with van der Waals surface area (Å²) in [6.07, 6.45) is 0. The Balaban J connectivity index is 0.000000408. The number of hydrogen-bond donors (Lipinski definition) is 0. The predicted octanol–water partition coefficient (Wildman–Crippen LogP) is 6.48. The van der Waals surface area contributed by atoms with Gasteiger partial charge in [-0.2, -0.15) is 0 Å². The van der Waals surface area contributed by atoms with Crippen molar-refractivity contribution in [3.05, 3.63) is 117 Å². The lowest BCUT2D eigenvalue weighted by atomic mass is 9.67. The normalized spacial score (nSPS) is 12.5. The number of nitrogens with zero attached hydrogens (tertiary/aromatic N) is 2. The van der Waals surface area contributed by atoms with Gasteiger partial charge >= 0.3 is 0 Å². The summed E-state index contributed by atoms with van der Waals surface area (Å²) in [4.78, 5) is 9.76. The Morgan fingerprint density at radius 1 is 0.618 bits per heavy atom. The Bertz CT molecular complexity index is 1410. The SMILES string of the molecule is Brc1cccc(C2(c3cccc(Br)n3)c3ccccc3Oc3ccccc32)n1.S=S=S=S=S=S. The number of hydrogen-bond acceptors (Lipinski definition) is 5. The van der Waals surface area contributed by atoms with E-state index in [1.54, 1.807) is 0 Å². The molecule has 0 aliphatic carbocycles. The van der Waals surface area contributed by atoms with Gasteiger partial charge in [0.05, 0.1) is 11.4 Å². The molecule has 11 heteroatoms. The summed E-state index contributed by atoms with van der Waals surface area (Å²) >= 11 is 16.1. The molecule has 1 aliphatic rings. The third-order valence-electron chi connectivity index (χ3n) is 5.08. The first kappa shape index (κ1) is 25.9. The number of rotatable bonds is 2. The van der Waals surface area contributed by atoms with Crippen LogP contribution in [0, 0.1) is 0 Å². The zero-order valence-corrected chi connectivity index (χ0v) is 25.2. The fourth-order valence-electron chi connectivity index (χ4n) is 3.93. The van der Waals surface area contributed by atoms with Gasteiger partial charge in [-0.05, 0) is 68.3 Å². The highest BCUT2D eigenvalue weighted by Crippen LogP contribution is 2.54. The Morgan fingerprint density at radius 2 is 1.06 bits per heavy atom. The summed E-state index contributed by atoms with van der Waals surface area (Å²) in [6, 6.07) is 28.2. The molecule has 34 heavy (non-hydrogen) atoms. The maximum absolute atomic E-state index is 6.26. The zero-order valence-electron chi connectivity index (χ0n) is 17.1. The molecule has 0 saturated carbocycles. The van der Waals surface area contributed by atoms with Crippen LogP contribution >= 0.6 is 31.9 Å². The summed E-state index contributed by atoms with van der Waals surface area (Å²) in [5, 5.41) is 0. The molecule has 0 amide bonds. The highest BCUT2D eigenvalue weighted by atomic mass is 79.9. The van der Waals surface area contributed by atoms with Gasteiger partial charge in [0.25, 0.3) is 0 Å². The molecule has 0 atom stereocenters. The largest absolute Gasteiger partial charge is 0.457 e. The lowest BCUT2D eigenvalue weighted by molar-refractivity contribution is 0.429. The van der Waals surface area contributed by atoms with Gasteiger partial charge in [0, 0.05) is 69.0 Å². The number of ether oxygens (including phenoxy) is 1. The molecule has 0 saturated heterocycles. The smallest absolute Gasteiger partial charge is 0.132 e. The lowest BCUT2D eigenvalue weighted by Crippen LogP contribution is -2.36. The third-order valence-corrected chi connectivity index (χ3v) is 12.6. The van der Waals surface area contributed by atoms with Crippen LogP contribution in [-0.4, -0.2) is 9.97 Å². The van der Waals surface area contributed by atoms with E-state index in [0.29, 0.717) is 0 Å². The van der Waals surface area contributed by atoms with E-state index in [1.165, 1.54) is 35.5 Å². The van der Waals surface area contributed by atoms with Gasteiger partial charge in [0.15, 0.2) is 0 Å². The van der Waals surface area contributed by atoms with Gasteiger partial charge < -0.3 is 4.74 Å². The van der Waals surface area contributed by atoms with Crippen LogP contribution in [0.2, 0.25) is 0 Å². The van der Waals surface area contributed by atoms with Gasteiger partial charge in [-0.3, -0.25) is 0 Å². The second-order valence-electron chi connectivity index (χ2n) is 6.81. The topological polar surface area (TPSA) is 35.0 Å². The summed E-state index contributed by atoms with van der Waals surface area (Å²) in [7, 11) is 5.63. The predicted molar refractivity (Wildman–Crippen MR) is 160 cm³/mol. The molecule has 172 valence electrons. The molecule has 0 fully saturated rings. The standard InChI is InChI=1S/C23H14Br2N2O.S6/c24-21-13-5-11-19(26-21)23(20-12-6-14-22(25)27-20)15-7-1-3-9-17(15)28-18-10-4-2-8-16(18)23;1-3-5-6-4-2/h1-14H;. The van der Waals surface area contributed by atoms with E-state index in [4.69, 9.17) is 14.7 Å². The van der Waals surface area contributed by atoms with E-state index in [2.05, 4.69) is 66.4 Å². The molecule has 1 aliphatic heterocycles. The minimum atomic E-state index is -0.695. The van der Waals surface area contributed by atoms with Crippen LogP contribution in [0.1, 0.15) is 22.5 Å². The molecule has 0 unspecified atom stereocenters. The monoisotopic (exact) mass is 684 g/mol. The maximum atomic E-state index is 6.26. The minimum Gasteiger partial charge on any atom is -0.457 e. The van der Waals surface area contributed by atoms with Crippen LogP contribution in [-0.2, 0) is 63.3 Å². The molecule has 5 rings (SSSR count). The fraction of sp³-hybridized carbons (Fsp3) is 0.0435. The fourth-order valence-corrected chi connectivity index (χ4v) is 10.1. The van der Waals surface area contributed by atoms with Crippen molar-refractivity contribution in [2.24, 2.45) is 0 Å². The molecule has 4 aromatic rings. The Hall–Kier alpha value is -1.18. The van der Waals surface area contributed by atoms with Gasteiger partial charge in [0.1, 0.15) is 26.1 Å². The number of aromatic nitrogens is 2. The molecule has 2 aromatic carbocycles. The summed E-state index contributed by atoms with van der Waals surface area (Å²) < 4.78 is 7.81. The molecule has 2 aromatic heterocycles. The molecular formula is C23H14Br2N2OS6. The van der Waals surface area contributed by atoms with Crippen LogP contribution in [0.3, 0.4) is 0 Å². The van der Waals surface area contributed by atoms with Gasteiger partial charge in [0.2, 0.25) is 0 Å².